The Bertz CT molecular complexity index is 343. The number of aryl methyl sites for hydroxylation is 1. The number of nitrogens with zero attached hydrogens (tertiary/aromatic N) is 1. The average molecular weight is 156 g/mol. The highest BCUT2D eigenvalue weighted by Crippen LogP contribution is 2.11. The molecule has 0 bridgehead atoms. The molecule has 0 aliphatic heterocycles. The standard InChI is InChI=1S/C11H10N/c1-3-4-10-6-5-9(2)7-11(10)8-12/h3-7H,1H2,2H3/b4-3+. The highest BCUT2D eigenvalue weighted by atomic mass is 14.2. The summed E-state index contributed by atoms with van der Waals surface area (Å²) in [5.41, 5.74) is 2.74. The Kier molecular flexibility index (Phi) is 2.66. The third-order valence-corrected chi connectivity index (χ3v) is 1.63. The van der Waals surface area contributed by atoms with Gasteiger partial charge in [0, 0.05) is 0 Å². The van der Waals surface area contributed by atoms with Crippen molar-refractivity contribution in [2.45, 2.75) is 6.92 Å². The molecular formula is C11H10N. The van der Waals surface area contributed by atoms with Gasteiger partial charge in [-0.15, -0.1) is 0 Å². The minimum Gasteiger partial charge on any atom is -0.192 e. The van der Waals surface area contributed by atoms with Crippen molar-refractivity contribution in [3.63, 3.8) is 0 Å². The summed E-state index contributed by atoms with van der Waals surface area (Å²) in [4.78, 5) is 0. The average Bonchev–Trinajstić information content (AvgIpc) is 2.08. The zero-order valence-corrected chi connectivity index (χ0v) is 7.04. The minimum absolute atomic E-state index is 0.704. The monoisotopic (exact) mass is 156 g/mol. The van der Waals surface area contributed by atoms with E-state index in [1.54, 1.807) is 6.08 Å². The van der Waals surface area contributed by atoms with E-state index in [4.69, 9.17) is 5.26 Å². The summed E-state index contributed by atoms with van der Waals surface area (Å²) in [6, 6.07) is 7.92. The molecule has 0 atom stereocenters. The van der Waals surface area contributed by atoms with Gasteiger partial charge >= 0.3 is 0 Å². The summed E-state index contributed by atoms with van der Waals surface area (Å²) in [5, 5.41) is 8.77. The van der Waals surface area contributed by atoms with Crippen LogP contribution in [0.15, 0.2) is 24.3 Å². The quantitative estimate of drug-likeness (QED) is 0.613. The van der Waals surface area contributed by atoms with E-state index in [-0.39, 0.29) is 0 Å². The van der Waals surface area contributed by atoms with Crippen LogP contribution >= 0.6 is 0 Å². The lowest BCUT2D eigenvalue weighted by molar-refractivity contribution is 1.41. The lowest BCUT2D eigenvalue weighted by Crippen LogP contribution is -1.82. The fourth-order valence-corrected chi connectivity index (χ4v) is 1.04. The molecule has 1 nitrogen and oxygen atoms in total. The van der Waals surface area contributed by atoms with Crippen LogP contribution in [0.4, 0.5) is 0 Å². The van der Waals surface area contributed by atoms with E-state index in [1.807, 2.05) is 31.2 Å². The van der Waals surface area contributed by atoms with E-state index in [0.29, 0.717) is 5.56 Å². The van der Waals surface area contributed by atoms with Gasteiger partial charge in [0.25, 0.3) is 0 Å². The van der Waals surface area contributed by atoms with Gasteiger partial charge in [0.05, 0.1) is 11.6 Å². The molecule has 1 aromatic rings. The van der Waals surface area contributed by atoms with Gasteiger partial charge in [0.2, 0.25) is 0 Å². The second-order valence-corrected chi connectivity index (χ2v) is 2.60. The molecule has 1 rings (SSSR count). The minimum atomic E-state index is 0.704. The zero-order valence-electron chi connectivity index (χ0n) is 7.04. The summed E-state index contributed by atoms with van der Waals surface area (Å²) in [6.07, 6.45) is 3.52. The molecule has 0 aromatic heterocycles. The number of hydrogen-bond donors (Lipinski definition) is 0. The van der Waals surface area contributed by atoms with Gasteiger partial charge in [-0.3, -0.25) is 0 Å². The molecule has 59 valence electrons. The van der Waals surface area contributed by atoms with E-state index in [9.17, 15) is 0 Å². The number of rotatable bonds is 1. The molecule has 1 radical (unpaired) electrons. The highest BCUT2D eigenvalue weighted by Gasteiger charge is 1.96. The summed E-state index contributed by atoms with van der Waals surface area (Å²) >= 11 is 0. The lowest BCUT2D eigenvalue weighted by Gasteiger charge is -1.98. The molecule has 0 amide bonds. The molecule has 1 heteroatoms. The first-order valence-corrected chi connectivity index (χ1v) is 3.74. The largest absolute Gasteiger partial charge is 0.192 e. The van der Waals surface area contributed by atoms with Crippen LogP contribution in [0.25, 0.3) is 6.08 Å². The van der Waals surface area contributed by atoms with Gasteiger partial charge in [-0.2, -0.15) is 5.26 Å². The van der Waals surface area contributed by atoms with Gasteiger partial charge in [-0.05, 0) is 31.0 Å². The molecule has 1 aromatic carbocycles. The van der Waals surface area contributed by atoms with Crippen molar-refractivity contribution in [2.75, 3.05) is 0 Å². The van der Waals surface area contributed by atoms with Gasteiger partial charge in [0.15, 0.2) is 0 Å². The van der Waals surface area contributed by atoms with Gasteiger partial charge in [-0.25, -0.2) is 0 Å². The first kappa shape index (κ1) is 8.55. The van der Waals surface area contributed by atoms with E-state index in [1.165, 1.54) is 0 Å². The van der Waals surface area contributed by atoms with Crippen LogP contribution < -0.4 is 0 Å². The van der Waals surface area contributed by atoms with Crippen LogP contribution in [0.2, 0.25) is 0 Å². The SMILES string of the molecule is [CH2]/C=C/c1ccc(C)cc1C#N. The lowest BCUT2D eigenvalue weighted by atomic mass is 10.1. The Morgan fingerprint density at radius 2 is 2.25 bits per heavy atom. The maximum Gasteiger partial charge on any atom is 0.0998 e. The predicted molar refractivity (Wildman–Crippen MR) is 50.3 cm³/mol. The van der Waals surface area contributed by atoms with E-state index >= 15 is 0 Å². The fourth-order valence-electron chi connectivity index (χ4n) is 1.04. The van der Waals surface area contributed by atoms with Crippen molar-refractivity contribution in [1.29, 1.82) is 5.26 Å². The zero-order chi connectivity index (χ0) is 8.97. The second-order valence-electron chi connectivity index (χ2n) is 2.60. The smallest absolute Gasteiger partial charge is 0.0998 e. The van der Waals surface area contributed by atoms with Crippen LogP contribution in [-0.4, -0.2) is 0 Å². The normalized spacial score (nSPS) is 10.1. The van der Waals surface area contributed by atoms with Crippen LogP contribution in [-0.2, 0) is 0 Å². The molecule has 0 spiro atoms. The van der Waals surface area contributed by atoms with Crippen molar-refractivity contribution in [1.82, 2.24) is 0 Å². The van der Waals surface area contributed by atoms with Crippen molar-refractivity contribution >= 4 is 6.08 Å². The van der Waals surface area contributed by atoms with Crippen molar-refractivity contribution in [3.8, 4) is 6.07 Å². The molecule has 0 aliphatic carbocycles. The molecule has 0 N–H and O–H groups in total. The van der Waals surface area contributed by atoms with Gasteiger partial charge in [-0.1, -0.05) is 24.3 Å². The summed E-state index contributed by atoms with van der Waals surface area (Å²) in [6.45, 7) is 5.56. The molecule has 0 saturated heterocycles. The number of allylic oxidation sites excluding steroid dienone is 1. The van der Waals surface area contributed by atoms with E-state index in [2.05, 4.69) is 13.0 Å². The first-order chi connectivity index (χ1) is 5.77. The summed E-state index contributed by atoms with van der Waals surface area (Å²) < 4.78 is 0. The molecule has 0 heterocycles. The second kappa shape index (κ2) is 3.73. The fraction of sp³-hybridized carbons (Fsp3) is 0.0909. The first-order valence-electron chi connectivity index (χ1n) is 3.74. The van der Waals surface area contributed by atoms with Crippen LogP contribution in [0.1, 0.15) is 16.7 Å². The third kappa shape index (κ3) is 1.73. The Labute approximate surface area is 73.0 Å². The highest BCUT2D eigenvalue weighted by molar-refractivity contribution is 5.58. The third-order valence-electron chi connectivity index (χ3n) is 1.63. The Hall–Kier alpha value is -1.55. The van der Waals surface area contributed by atoms with Crippen LogP contribution in [0, 0.1) is 25.2 Å². The van der Waals surface area contributed by atoms with Gasteiger partial charge in [0.1, 0.15) is 0 Å². The molecule has 12 heavy (non-hydrogen) atoms. The van der Waals surface area contributed by atoms with Gasteiger partial charge < -0.3 is 0 Å². The van der Waals surface area contributed by atoms with Crippen molar-refractivity contribution in [2.24, 2.45) is 0 Å². The number of hydrogen-bond acceptors (Lipinski definition) is 1. The Balaban J connectivity index is 3.22. The topological polar surface area (TPSA) is 23.8 Å². The van der Waals surface area contributed by atoms with E-state index in [0.717, 1.165) is 11.1 Å². The maximum atomic E-state index is 8.77. The van der Waals surface area contributed by atoms with E-state index < -0.39 is 0 Å². The number of nitriles is 1. The van der Waals surface area contributed by atoms with Crippen LogP contribution in [0.5, 0.6) is 0 Å². The number of benzene rings is 1. The van der Waals surface area contributed by atoms with Crippen molar-refractivity contribution in [3.05, 3.63) is 47.9 Å². The summed E-state index contributed by atoms with van der Waals surface area (Å²) in [7, 11) is 0. The van der Waals surface area contributed by atoms with Crippen LogP contribution in [0.3, 0.4) is 0 Å². The molecule has 0 fully saturated rings. The summed E-state index contributed by atoms with van der Waals surface area (Å²) in [5.74, 6) is 0. The Morgan fingerprint density at radius 3 is 2.83 bits per heavy atom. The molecule has 0 saturated carbocycles. The Morgan fingerprint density at radius 1 is 1.50 bits per heavy atom. The predicted octanol–water partition coefficient (Wildman–Crippen LogP) is 2.71. The van der Waals surface area contributed by atoms with Crippen molar-refractivity contribution < 1.29 is 0 Å². The maximum absolute atomic E-state index is 8.77. The molecular weight excluding hydrogens is 146 g/mol. The molecule has 0 unspecified atom stereocenters. The molecule has 0 aliphatic rings.